The number of primary sulfonamides is 1. The van der Waals surface area contributed by atoms with Crippen molar-refractivity contribution in [1.82, 2.24) is 0 Å². The lowest BCUT2D eigenvalue weighted by Crippen LogP contribution is -2.30. The quantitative estimate of drug-likeness (QED) is 0.708. The van der Waals surface area contributed by atoms with E-state index in [-0.39, 0.29) is 16.2 Å². The first-order valence-electron chi connectivity index (χ1n) is 8.33. The number of carbonyl (C=O) groups excluding carboxylic acids is 2. The number of ether oxygens (including phenoxy) is 2. The van der Waals surface area contributed by atoms with Crippen LogP contribution in [0.2, 0.25) is 0 Å². The fraction of sp³-hybridized carbons (Fsp3) is 0.263. The Morgan fingerprint density at radius 1 is 1.11 bits per heavy atom. The Bertz CT molecular complexity index is 1020. The molecule has 28 heavy (non-hydrogen) atoms. The maximum Gasteiger partial charge on any atom is 0.338 e. The van der Waals surface area contributed by atoms with Gasteiger partial charge in [0.2, 0.25) is 10.0 Å². The maximum atomic E-state index is 12.3. The van der Waals surface area contributed by atoms with Crippen LogP contribution in [-0.2, 0) is 19.6 Å². The number of benzene rings is 2. The Hall–Kier alpha value is -2.91. The van der Waals surface area contributed by atoms with E-state index < -0.39 is 28.0 Å². The summed E-state index contributed by atoms with van der Waals surface area (Å²) in [5.41, 5.74) is 2.38. The van der Waals surface area contributed by atoms with Gasteiger partial charge in [-0.25, -0.2) is 18.4 Å². The second-order valence-corrected chi connectivity index (χ2v) is 7.80. The lowest BCUT2D eigenvalue weighted by molar-refractivity contribution is -0.123. The largest absolute Gasteiger partial charge is 0.495 e. The minimum absolute atomic E-state index is 0.000218. The van der Waals surface area contributed by atoms with Gasteiger partial charge in [0.05, 0.1) is 12.7 Å². The van der Waals surface area contributed by atoms with Crippen molar-refractivity contribution in [2.75, 3.05) is 12.4 Å². The minimum atomic E-state index is -4.11. The van der Waals surface area contributed by atoms with Crippen molar-refractivity contribution < 1.29 is 27.5 Å². The molecule has 0 spiro atoms. The van der Waals surface area contributed by atoms with E-state index in [9.17, 15) is 18.0 Å². The molecule has 0 saturated heterocycles. The predicted octanol–water partition coefficient (Wildman–Crippen LogP) is 2.14. The second-order valence-electron chi connectivity index (χ2n) is 6.27. The van der Waals surface area contributed by atoms with Crippen molar-refractivity contribution >= 4 is 27.6 Å². The van der Waals surface area contributed by atoms with Crippen molar-refractivity contribution in [3.8, 4) is 5.75 Å². The minimum Gasteiger partial charge on any atom is -0.495 e. The third kappa shape index (κ3) is 5.08. The molecule has 1 atom stereocenters. The standard InChI is InChI=1S/C19H22N2O6S/c1-11-5-6-12(2)15(9-11)21-18(22)13(3)27-19(23)14-7-8-16(26-4)17(10-14)28(20,24)25/h5-10,13H,1-4H3,(H,21,22)(H2,20,24,25). The summed E-state index contributed by atoms with van der Waals surface area (Å²) in [4.78, 5) is 24.3. The van der Waals surface area contributed by atoms with Gasteiger partial charge in [0, 0.05) is 5.69 Å². The molecule has 0 aliphatic rings. The fourth-order valence-electron chi connectivity index (χ4n) is 2.41. The number of esters is 1. The van der Waals surface area contributed by atoms with Crippen LogP contribution in [0.4, 0.5) is 5.69 Å². The van der Waals surface area contributed by atoms with Crippen molar-refractivity contribution in [3.63, 3.8) is 0 Å². The van der Waals surface area contributed by atoms with Gasteiger partial charge in [-0.1, -0.05) is 12.1 Å². The Morgan fingerprint density at radius 2 is 1.79 bits per heavy atom. The molecule has 0 aromatic heterocycles. The highest BCUT2D eigenvalue weighted by Crippen LogP contribution is 2.24. The van der Waals surface area contributed by atoms with E-state index in [1.807, 2.05) is 32.0 Å². The summed E-state index contributed by atoms with van der Waals surface area (Å²) in [5.74, 6) is -1.38. The van der Waals surface area contributed by atoms with Crippen LogP contribution in [0.25, 0.3) is 0 Å². The first-order valence-corrected chi connectivity index (χ1v) is 9.87. The molecule has 0 aliphatic heterocycles. The number of methoxy groups -OCH3 is 1. The van der Waals surface area contributed by atoms with Crippen molar-refractivity contribution in [2.45, 2.75) is 31.8 Å². The molecule has 0 aliphatic carbocycles. The van der Waals surface area contributed by atoms with Crippen LogP contribution in [0.5, 0.6) is 5.75 Å². The molecule has 2 aromatic rings. The number of sulfonamides is 1. The molecule has 0 saturated carbocycles. The number of hydrogen-bond acceptors (Lipinski definition) is 6. The summed E-state index contributed by atoms with van der Waals surface area (Å²) < 4.78 is 33.4. The van der Waals surface area contributed by atoms with Crippen LogP contribution in [0.15, 0.2) is 41.3 Å². The van der Waals surface area contributed by atoms with Crippen molar-refractivity contribution in [3.05, 3.63) is 53.1 Å². The lowest BCUT2D eigenvalue weighted by atomic mass is 10.1. The van der Waals surface area contributed by atoms with Crippen LogP contribution >= 0.6 is 0 Å². The average molecular weight is 406 g/mol. The first-order chi connectivity index (χ1) is 13.0. The topological polar surface area (TPSA) is 125 Å². The number of rotatable bonds is 6. The molecule has 0 heterocycles. The second kappa shape index (κ2) is 8.41. The molecule has 3 N–H and O–H groups in total. The summed E-state index contributed by atoms with van der Waals surface area (Å²) in [6.45, 7) is 5.16. The number of nitrogens with one attached hydrogen (secondary N) is 1. The maximum absolute atomic E-state index is 12.3. The summed E-state index contributed by atoms with van der Waals surface area (Å²) in [7, 11) is -2.83. The smallest absolute Gasteiger partial charge is 0.338 e. The van der Waals surface area contributed by atoms with Gasteiger partial charge in [-0.2, -0.15) is 0 Å². The van der Waals surface area contributed by atoms with Crippen LogP contribution in [0.1, 0.15) is 28.4 Å². The molecule has 0 radical (unpaired) electrons. The zero-order valence-corrected chi connectivity index (χ0v) is 16.8. The fourth-order valence-corrected chi connectivity index (χ4v) is 3.14. The highest BCUT2D eigenvalue weighted by Gasteiger charge is 2.22. The van der Waals surface area contributed by atoms with E-state index in [0.717, 1.165) is 17.2 Å². The van der Waals surface area contributed by atoms with E-state index in [0.29, 0.717) is 5.69 Å². The zero-order chi connectivity index (χ0) is 21.1. The highest BCUT2D eigenvalue weighted by atomic mass is 32.2. The summed E-state index contributed by atoms with van der Waals surface area (Å²) in [6.07, 6.45) is -1.10. The van der Waals surface area contributed by atoms with E-state index in [4.69, 9.17) is 14.6 Å². The van der Waals surface area contributed by atoms with Crippen LogP contribution < -0.4 is 15.2 Å². The number of hydrogen-bond donors (Lipinski definition) is 2. The zero-order valence-electron chi connectivity index (χ0n) is 16.0. The van der Waals surface area contributed by atoms with Gasteiger partial charge >= 0.3 is 5.97 Å². The monoisotopic (exact) mass is 406 g/mol. The molecule has 2 aromatic carbocycles. The third-order valence-corrected chi connectivity index (χ3v) is 4.94. The third-order valence-electron chi connectivity index (χ3n) is 4.01. The first kappa shape index (κ1) is 21.4. The van der Waals surface area contributed by atoms with Crippen LogP contribution in [-0.4, -0.2) is 33.5 Å². The molecule has 1 amide bonds. The van der Waals surface area contributed by atoms with E-state index >= 15 is 0 Å². The molecule has 150 valence electrons. The van der Waals surface area contributed by atoms with Gasteiger partial charge in [0.15, 0.2) is 6.10 Å². The van der Waals surface area contributed by atoms with E-state index in [1.165, 1.54) is 26.2 Å². The molecular formula is C19H22N2O6S. The lowest BCUT2D eigenvalue weighted by Gasteiger charge is -2.15. The van der Waals surface area contributed by atoms with E-state index in [1.54, 1.807) is 0 Å². The van der Waals surface area contributed by atoms with Gasteiger partial charge in [0.1, 0.15) is 10.6 Å². The normalized spacial score (nSPS) is 12.2. The SMILES string of the molecule is COc1ccc(C(=O)OC(C)C(=O)Nc2cc(C)ccc2C)cc1S(N)(=O)=O. The Kier molecular flexibility index (Phi) is 6.42. The molecule has 8 nitrogen and oxygen atoms in total. The van der Waals surface area contributed by atoms with Gasteiger partial charge in [-0.15, -0.1) is 0 Å². The number of carbonyl (C=O) groups is 2. The number of amides is 1. The number of aryl methyl sites for hydroxylation is 2. The van der Waals surface area contributed by atoms with Gasteiger partial charge in [-0.3, -0.25) is 4.79 Å². The van der Waals surface area contributed by atoms with Crippen molar-refractivity contribution in [1.29, 1.82) is 0 Å². The van der Waals surface area contributed by atoms with E-state index in [2.05, 4.69) is 5.32 Å². The molecule has 0 bridgehead atoms. The summed E-state index contributed by atoms with van der Waals surface area (Å²) in [5, 5.41) is 7.85. The summed E-state index contributed by atoms with van der Waals surface area (Å²) in [6, 6.07) is 9.26. The molecule has 1 unspecified atom stereocenters. The Balaban J connectivity index is 2.15. The molecule has 0 fully saturated rings. The number of anilines is 1. The predicted molar refractivity (Wildman–Crippen MR) is 104 cm³/mol. The molecule has 2 rings (SSSR count). The Morgan fingerprint density at radius 3 is 2.39 bits per heavy atom. The van der Waals surface area contributed by atoms with Gasteiger partial charge in [-0.05, 0) is 56.2 Å². The van der Waals surface area contributed by atoms with Crippen LogP contribution in [0, 0.1) is 13.8 Å². The van der Waals surface area contributed by atoms with Gasteiger partial charge < -0.3 is 14.8 Å². The molecule has 9 heteroatoms. The summed E-state index contributed by atoms with van der Waals surface area (Å²) >= 11 is 0. The Labute approximate surface area is 163 Å². The van der Waals surface area contributed by atoms with Gasteiger partial charge in [0.25, 0.3) is 5.91 Å². The molecular weight excluding hydrogens is 384 g/mol. The highest BCUT2D eigenvalue weighted by molar-refractivity contribution is 7.89. The van der Waals surface area contributed by atoms with Crippen molar-refractivity contribution in [2.24, 2.45) is 5.14 Å². The number of nitrogens with two attached hydrogens (primary N) is 1. The average Bonchev–Trinajstić information content (AvgIpc) is 2.63. The van der Waals surface area contributed by atoms with Crippen LogP contribution in [0.3, 0.4) is 0 Å².